The molecule has 0 aliphatic carbocycles. The maximum Gasteiger partial charge on any atom is 0.328 e. The lowest BCUT2D eigenvalue weighted by molar-refractivity contribution is -0.268. The number of aromatic hydroxyl groups is 1. The number of ether oxygens (including phenoxy) is 3. The molecule has 0 radical (unpaired) electrons. The Kier molecular flexibility index (Phi) is 13.1. The van der Waals surface area contributed by atoms with Crippen LogP contribution < -0.4 is 10.6 Å². The van der Waals surface area contributed by atoms with E-state index < -0.39 is 24.3 Å². The molecular weight excluding hydrogens is 757 g/mol. The number of methoxy groups -OCH3 is 1. The minimum absolute atomic E-state index is 0.0516. The van der Waals surface area contributed by atoms with Gasteiger partial charge in [0, 0.05) is 30.2 Å². The Morgan fingerprint density at radius 3 is 2.31 bits per heavy atom. The number of carbonyl (C=O) groups excluding carboxylic acids is 2. The Balaban J connectivity index is 1.06. The Bertz CT molecular complexity index is 2290. The molecule has 5 aromatic carbocycles. The fourth-order valence-corrected chi connectivity index (χ4v) is 7.85. The van der Waals surface area contributed by atoms with Crippen molar-refractivity contribution in [2.75, 3.05) is 12.9 Å². The van der Waals surface area contributed by atoms with Crippen molar-refractivity contribution in [1.29, 1.82) is 0 Å². The van der Waals surface area contributed by atoms with Crippen LogP contribution in [0.2, 0.25) is 0 Å². The topological polar surface area (TPSA) is 170 Å². The van der Waals surface area contributed by atoms with E-state index >= 15 is 0 Å². The number of benzene rings is 5. The van der Waals surface area contributed by atoms with Gasteiger partial charge in [-0.3, -0.25) is 0 Å². The fourth-order valence-electron chi connectivity index (χ4n) is 6.79. The third-order valence-electron chi connectivity index (χ3n) is 9.98. The van der Waals surface area contributed by atoms with Gasteiger partial charge in [-0.15, -0.1) is 5.10 Å². The van der Waals surface area contributed by atoms with Gasteiger partial charge in [-0.1, -0.05) is 110 Å². The average Bonchev–Trinajstić information content (AvgIpc) is 3.74. The zero-order valence-electron chi connectivity index (χ0n) is 32.0. The number of thioether (sulfide) groups is 1. The standard InChI is InChI=1S/C44H44N6O7S/c1-28-39(27-58-44-47-48-49-50(44)36-18-20-37(52)21-19-36)56-42(57-40(28)32-16-14-30(26-51)15-17-32)35-13-7-12-34(24-35)33-11-6-10-31(22-33)25-45-43(54)46-38(41(53)55-2)23-29-8-4-3-5-9-29/h3-22,24,28,38-40,42,51-52H,23,25-27H2,1-2H3,(H2,45,46,54). The average molecular weight is 801 g/mol. The fraction of sp³-hybridized carbons (Fsp3) is 0.250. The SMILES string of the molecule is COC(=O)C(Cc1ccccc1)NC(=O)NCc1cccc(-c2cccc(C3OC(CSc4nnnn4-c4ccc(O)cc4)C(C)C(c4ccc(CO)cc4)O3)c2)c1. The Morgan fingerprint density at radius 2 is 1.57 bits per heavy atom. The van der Waals surface area contributed by atoms with Crippen molar-refractivity contribution in [3.63, 3.8) is 0 Å². The van der Waals surface area contributed by atoms with Crippen molar-refractivity contribution in [3.05, 3.63) is 155 Å². The highest BCUT2D eigenvalue weighted by Crippen LogP contribution is 2.43. The van der Waals surface area contributed by atoms with Gasteiger partial charge in [-0.2, -0.15) is 4.68 Å². The smallest absolute Gasteiger partial charge is 0.328 e. The predicted molar refractivity (Wildman–Crippen MR) is 218 cm³/mol. The molecule has 2 amide bonds. The molecule has 2 heterocycles. The van der Waals surface area contributed by atoms with Crippen molar-refractivity contribution in [3.8, 4) is 22.6 Å². The molecule has 13 nitrogen and oxygen atoms in total. The molecule has 1 fully saturated rings. The molecular formula is C44H44N6O7S. The minimum Gasteiger partial charge on any atom is -0.508 e. The normalized spacial score (nSPS) is 18.3. The number of carbonyl (C=O) groups is 2. The number of aliphatic hydroxyl groups excluding tert-OH is 1. The van der Waals surface area contributed by atoms with Crippen LogP contribution in [0, 0.1) is 5.92 Å². The van der Waals surface area contributed by atoms with E-state index in [0.29, 0.717) is 17.3 Å². The summed E-state index contributed by atoms with van der Waals surface area (Å²) in [6.45, 7) is 2.28. The Hall–Kier alpha value is -6.06. The molecule has 1 aliphatic heterocycles. The van der Waals surface area contributed by atoms with Gasteiger partial charge in [-0.05, 0) is 80.2 Å². The molecule has 5 atom stereocenters. The summed E-state index contributed by atoms with van der Waals surface area (Å²) >= 11 is 1.47. The zero-order valence-corrected chi connectivity index (χ0v) is 32.8. The number of nitrogens with one attached hydrogen (secondary N) is 2. The van der Waals surface area contributed by atoms with Gasteiger partial charge in [-0.25, -0.2) is 9.59 Å². The summed E-state index contributed by atoms with van der Waals surface area (Å²) in [4.78, 5) is 25.4. The molecule has 4 N–H and O–H groups in total. The van der Waals surface area contributed by atoms with Gasteiger partial charge in [0.2, 0.25) is 5.16 Å². The van der Waals surface area contributed by atoms with E-state index in [-0.39, 0.29) is 37.0 Å². The first kappa shape index (κ1) is 40.1. The van der Waals surface area contributed by atoms with Gasteiger partial charge < -0.3 is 35.1 Å². The second kappa shape index (κ2) is 18.9. The van der Waals surface area contributed by atoms with E-state index in [0.717, 1.165) is 44.6 Å². The lowest BCUT2D eigenvalue weighted by Gasteiger charge is -2.41. The number of phenolic OH excluding ortho intramolecular Hbond substituents is 1. The molecule has 7 rings (SSSR count). The van der Waals surface area contributed by atoms with E-state index in [2.05, 4.69) is 33.1 Å². The minimum atomic E-state index is -0.839. The van der Waals surface area contributed by atoms with E-state index in [1.54, 1.807) is 28.9 Å². The molecule has 0 saturated carbocycles. The van der Waals surface area contributed by atoms with Gasteiger partial charge in [0.1, 0.15) is 11.8 Å². The van der Waals surface area contributed by atoms with Crippen LogP contribution in [-0.2, 0) is 38.6 Å². The van der Waals surface area contributed by atoms with Gasteiger partial charge in [0.25, 0.3) is 0 Å². The summed E-state index contributed by atoms with van der Waals surface area (Å²) in [6.07, 6.45) is -0.991. The summed E-state index contributed by atoms with van der Waals surface area (Å²) in [6, 6.07) is 38.4. The van der Waals surface area contributed by atoms with Crippen molar-refractivity contribution in [2.45, 2.75) is 56.2 Å². The molecule has 58 heavy (non-hydrogen) atoms. The highest BCUT2D eigenvalue weighted by Gasteiger charge is 2.39. The molecule has 1 aromatic heterocycles. The quantitative estimate of drug-likeness (QED) is 0.0684. The number of hydrogen-bond donors (Lipinski definition) is 4. The predicted octanol–water partition coefficient (Wildman–Crippen LogP) is 6.69. The number of aliphatic hydroxyl groups is 1. The number of hydrogen-bond acceptors (Lipinski definition) is 11. The van der Waals surface area contributed by atoms with Crippen molar-refractivity contribution in [1.82, 2.24) is 30.8 Å². The molecule has 298 valence electrons. The summed E-state index contributed by atoms with van der Waals surface area (Å²) in [7, 11) is 1.30. The third-order valence-corrected chi connectivity index (χ3v) is 11.0. The first-order valence-electron chi connectivity index (χ1n) is 18.8. The molecule has 14 heteroatoms. The number of aromatic nitrogens is 4. The molecule has 5 unspecified atom stereocenters. The Labute approximate surface area is 340 Å². The molecule has 0 spiro atoms. The summed E-state index contributed by atoms with van der Waals surface area (Å²) in [5, 5.41) is 38.0. The van der Waals surface area contributed by atoms with Gasteiger partial charge in [0.05, 0.1) is 31.6 Å². The Morgan fingerprint density at radius 1 is 0.845 bits per heavy atom. The van der Waals surface area contributed by atoms with Crippen LogP contribution in [0.4, 0.5) is 4.79 Å². The maximum absolute atomic E-state index is 12.9. The number of amides is 2. The summed E-state index contributed by atoms with van der Waals surface area (Å²) < 4.78 is 20.0. The lowest BCUT2D eigenvalue weighted by atomic mass is 9.91. The van der Waals surface area contributed by atoms with E-state index in [9.17, 15) is 19.8 Å². The van der Waals surface area contributed by atoms with Gasteiger partial charge >= 0.3 is 12.0 Å². The van der Waals surface area contributed by atoms with Crippen LogP contribution in [0.1, 0.15) is 47.1 Å². The molecule has 0 bridgehead atoms. The highest BCUT2D eigenvalue weighted by molar-refractivity contribution is 7.99. The zero-order chi connectivity index (χ0) is 40.4. The second-order valence-electron chi connectivity index (χ2n) is 13.9. The van der Waals surface area contributed by atoms with Crippen LogP contribution >= 0.6 is 11.8 Å². The molecule has 6 aromatic rings. The van der Waals surface area contributed by atoms with Gasteiger partial charge in [0.15, 0.2) is 6.29 Å². The first-order chi connectivity index (χ1) is 28.3. The van der Waals surface area contributed by atoms with Crippen molar-refractivity contribution in [2.24, 2.45) is 5.92 Å². The van der Waals surface area contributed by atoms with Crippen LogP contribution in [0.5, 0.6) is 5.75 Å². The maximum atomic E-state index is 12.9. The molecule has 1 saturated heterocycles. The third kappa shape index (κ3) is 9.90. The highest BCUT2D eigenvalue weighted by atomic mass is 32.2. The van der Waals surface area contributed by atoms with Crippen LogP contribution in [-0.4, -0.2) is 67.4 Å². The van der Waals surface area contributed by atoms with Crippen LogP contribution in [0.15, 0.2) is 133 Å². The first-order valence-corrected chi connectivity index (χ1v) is 19.8. The number of rotatable bonds is 14. The van der Waals surface area contributed by atoms with E-state index in [4.69, 9.17) is 14.2 Å². The second-order valence-corrected chi connectivity index (χ2v) is 14.9. The van der Waals surface area contributed by atoms with Crippen LogP contribution in [0.3, 0.4) is 0 Å². The molecule has 1 aliphatic rings. The van der Waals surface area contributed by atoms with Crippen LogP contribution in [0.25, 0.3) is 16.8 Å². The van der Waals surface area contributed by atoms with E-state index in [1.165, 1.54) is 18.9 Å². The monoisotopic (exact) mass is 800 g/mol. The van der Waals surface area contributed by atoms with Crippen molar-refractivity contribution < 1.29 is 34.0 Å². The van der Waals surface area contributed by atoms with E-state index in [1.807, 2.05) is 103 Å². The number of tetrazole rings is 1. The number of esters is 1. The summed E-state index contributed by atoms with van der Waals surface area (Å²) in [5.74, 6) is 0.0938. The number of phenols is 1. The lowest BCUT2D eigenvalue weighted by Crippen LogP contribution is -2.47. The largest absolute Gasteiger partial charge is 0.508 e. The number of urea groups is 1. The van der Waals surface area contributed by atoms with Crippen molar-refractivity contribution >= 4 is 23.8 Å². The number of nitrogens with zero attached hydrogens (tertiary/aromatic N) is 4. The summed E-state index contributed by atoms with van der Waals surface area (Å²) in [5.41, 5.74) is 6.98.